The van der Waals surface area contributed by atoms with Crippen molar-refractivity contribution in [1.29, 1.82) is 5.26 Å². The Morgan fingerprint density at radius 3 is 2.57 bits per heavy atom. The van der Waals surface area contributed by atoms with Crippen molar-refractivity contribution in [2.24, 2.45) is 5.92 Å². The van der Waals surface area contributed by atoms with Gasteiger partial charge in [0.15, 0.2) is 0 Å². The van der Waals surface area contributed by atoms with E-state index in [1.54, 1.807) is 12.1 Å². The summed E-state index contributed by atoms with van der Waals surface area (Å²) < 4.78 is 0. The van der Waals surface area contributed by atoms with Crippen molar-refractivity contribution >= 4 is 6.08 Å². The summed E-state index contributed by atoms with van der Waals surface area (Å²) in [6.07, 6.45) is 6.70. The number of aromatic hydroxyl groups is 1. The van der Waals surface area contributed by atoms with E-state index in [1.165, 1.54) is 22.3 Å². The average molecular weight is 305 g/mol. The molecule has 1 atom stereocenters. The second kappa shape index (κ2) is 8.19. The summed E-state index contributed by atoms with van der Waals surface area (Å²) >= 11 is 0. The van der Waals surface area contributed by atoms with Crippen LogP contribution in [0.15, 0.2) is 48.5 Å². The minimum atomic E-state index is 0.302. The summed E-state index contributed by atoms with van der Waals surface area (Å²) in [6.45, 7) is 4.27. The number of allylic oxidation sites excluding steroid dienone is 1. The summed E-state index contributed by atoms with van der Waals surface area (Å²) in [7, 11) is 0. The molecule has 0 bridgehead atoms. The minimum absolute atomic E-state index is 0.302. The smallest absolute Gasteiger partial charge is 0.115 e. The molecule has 118 valence electrons. The quantitative estimate of drug-likeness (QED) is 0.792. The van der Waals surface area contributed by atoms with Crippen molar-refractivity contribution in [1.82, 2.24) is 0 Å². The van der Waals surface area contributed by atoms with Gasteiger partial charge in [0.2, 0.25) is 0 Å². The topological polar surface area (TPSA) is 44.0 Å². The molecule has 0 spiro atoms. The SMILES string of the molecule is Cc1cc(/C=C/C(C)CCC#N)ccc1Cc1ccc(O)cc1. The monoisotopic (exact) mass is 305 g/mol. The van der Waals surface area contributed by atoms with E-state index in [9.17, 15) is 5.11 Å². The fourth-order valence-electron chi connectivity index (χ4n) is 2.52. The molecule has 1 N–H and O–H groups in total. The Labute approximate surface area is 138 Å². The Kier molecular flexibility index (Phi) is 6.00. The molecule has 0 saturated carbocycles. The molecule has 0 saturated heterocycles. The molecular formula is C21H23NO. The van der Waals surface area contributed by atoms with Crippen molar-refractivity contribution in [2.75, 3.05) is 0 Å². The van der Waals surface area contributed by atoms with Crippen LogP contribution in [0.1, 0.15) is 42.0 Å². The molecular weight excluding hydrogens is 282 g/mol. The molecule has 0 heterocycles. The lowest BCUT2D eigenvalue weighted by Crippen LogP contribution is -1.93. The van der Waals surface area contributed by atoms with Gasteiger partial charge in [-0.15, -0.1) is 0 Å². The van der Waals surface area contributed by atoms with E-state index < -0.39 is 0 Å². The minimum Gasteiger partial charge on any atom is -0.508 e. The van der Waals surface area contributed by atoms with Gasteiger partial charge in [0, 0.05) is 6.42 Å². The number of nitriles is 1. The molecule has 0 aromatic heterocycles. The van der Waals surface area contributed by atoms with E-state index >= 15 is 0 Å². The highest BCUT2D eigenvalue weighted by molar-refractivity contribution is 5.52. The van der Waals surface area contributed by atoms with E-state index in [-0.39, 0.29) is 0 Å². The average Bonchev–Trinajstić information content (AvgIpc) is 2.55. The van der Waals surface area contributed by atoms with Crippen LogP contribution in [0, 0.1) is 24.2 Å². The van der Waals surface area contributed by atoms with Crippen molar-refractivity contribution in [3.05, 3.63) is 70.8 Å². The van der Waals surface area contributed by atoms with Crippen LogP contribution < -0.4 is 0 Å². The number of phenols is 1. The van der Waals surface area contributed by atoms with Crippen LogP contribution in [-0.4, -0.2) is 5.11 Å². The van der Waals surface area contributed by atoms with Gasteiger partial charge < -0.3 is 5.11 Å². The lowest BCUT2D eigenvalue weighted by atomic mass is 9.97. The number of phenolic OH excluding ortho intramolecular Hbond substituents is 1. The summed E-state index contributed by atoms with van der Waals surface area (Å²) in [4.78, 5) is 0. The van der Waals surface area contributed by atoms with E-state index in [4.69, 9.17) is 5.26 Å². The number of hydrogen-bond donors (Lipinski definition) is 1. The molecule has 23 heavy (non-hydrogen) atoms. The molecule has 2 rings (SSSR count). The third-order valence-corrected chi connectivity index (χ3v) is 4.03. The van der Waals surface area contributed by atoms with Gasteiger partial charge in [-0.25, -0.2) is 0 Å². The number of aryl methyl sites for hydroxylation is 1. The second-order valence-corrected chi connectivity index (χ2v) is 6.06. The lowest BCUT2D eigenvalue weighted by Gasteiger charge is -2.08. The van der Waals surface area contributed by atoms with Crippen LogP contribution >= 0.6 is 0 Å². The van der Waals surface area contributed by atoms with Gasteiger partial charge in [0.1, 0.15) is 5.75 Å². The van der Waals surface area contributed by atoms with Gasteiger partial charge in [-0.2, -0.15) is 5.26 Å². The zero-order chi connectivity index (χ0) is 16.7. The fraction of sp³-hybridized carbons (Fsp3) is 0.286. The number of benzene rings is 2. The standard InChI is InChI=1S/C21H23NO/c1-16(4-3-13-22)5-6-18-7-10-20(17(2)14-18)15-19-8-11-21(23)12-9-19/h5-12,14,16,23H,3-4,15H2,1-2H3/b6-5+. The highest BCUT2D eigenvalue weighted by Crippen LogP contribution is 2.19. The van der Waals surface area contributed by atoms with Crippen molar-refractivity contribution in [3.8, 4) is 11.8 Å². The molecule has 2 heteroatoms. The van der Waals surface area contributed by atoms with Gasteiger partial charge in [-0.05, 0) is 60.1 Å². The van der Waals surface area contributed by atoms with Crippen molar-refractivity contribution < 1.29 is 5.11 Å². The fourth-order valence-corrected chi connectivity index (χ4v) is 2.52. The van der Waals surface area contributed by atoms with E-state index in [2.05, 4.69) is 50.3 Å². The van der Waals surface area contributed by atoms with Gasteiger partial charge in [-0.3, -0.25) is 0 Å². The van der Waals surface area contributed by atoms with Crippen LogP contribution in [0.3, 0.4) is 0 Å². The first-order valence-electron chi connectivity index (χ1n) is 8.01. The molecule has 0 aliphatic heterocycles. The number of nitrogens with zero attached hydrogens (tertiary/aromatic N) is 1. The summed E-state index contributed by atoms with van der Waals surface area (Å²) in [6, 6.07) is 16.1. The molecule has 1 unspecified atom stereocenters. The summed E-state index contributed by atoms with van der Waals surface area (Å²) in [5.74, 6) is 0.725. The summed E-state index contributed by atoms with van der Waals surface area (Å²) in [5, 5.41) is 18.0. The zero-order valence-electron chi connectivity index (χ0n) is 13.8. The molecule has 0 fully saturated rings. The van der Waals surface area contributed by atoms with Crippen LogP contribution in [0.5, 0.6) is 5.75 Å². The maximum atomic E-state index is 9.35. The Bertz CT molecular complexity index is 708. The third-order valence-electron chi connectivity index (χ3n) is 4.03. The first-order chi connectivity index (χ1) is 11.1. The Balaban J connectivity index is 2.04. The number of hydrogen-bond acceptors (Lipinski definition) is 2. The molecule has 0 aliphatic carbocycles. The first-order valence-corrected chi connectivity index (χ1v) is 8.01. The predicted molar refractivity (Wildman–Crippen MR) is 95.1 cm³/mol. The molecule has 0 radical (unpaired) electrons. The van der Waals surface area contributed by atoms with E-state index in [0.717, 1.165) is 12.8 Å². The van der Waals surface area contributed by atoms with Crippen LogP contribution in [0.2, 0.25) is 0 Å². The largest absolute Gasteiger partial charge is 0.508 e. The van der Waals surface area contributed by atoms with Gasteiger partial charge in [-0.1, -0.05) is 49.4 Å². The lowest BCUT2D eigenvalue weighted by molar-refractivity contribution is 0.475. The van der Waals surface area contributed by atoms with Crippen LogP contribution in [-0.2, 0) is 6.42 Å². The highest BCUT2D eigenvalue weighted by atomic mass is 16.3. The predicted octanol–water partition coefficient (Wildman–Crippen LogP) is 5.24. The Morgan fingerprint density at radius 1 is 1.17 bits per heavy atom. The second-order valence-electron chi connectivity index (χ2n) is 6.06. The molecule has 2 aromatic rings. The Hall–Kier alpha value is -2.53. The third kappa shape index (κ3) is 5.30. The highest BCUT2D eigenvalue weighted by Gasteiger charge is 2.02. The molecule has 0 amide bonds. The van der Waals surface area contributed by atoms with Crippen molar-refractivity contribution in [3.63, 3.8) is 0 Å². The Morgan fingerprint density at radius 2 is 1.91 bits per heavy atom. The molecule has 0 aliphatic rings. The van der Waals surface area contributed by atoms with Gasteiger partial charge in [0.25, 0.3) is 0 Å². The first kappa shape index (κ1) is 16.8. The maximum absolute atomic E-state index is 9.35. The number of rotatable bonds is 6. The molecule has 2 aromatic carbocycles. The van der Waals surface area contributed by atoms with E-state index in [1.807, 2.05) is 12.1 Å². The van der Waals surface area contributed by atoms with Crippen molar-refractivity contribution in [2.45, 2.75) is 33.1 Å². The molecule has 2 nitrogen and oxygen atoms in total. The van der Waals surface area contributed by atoms with Gasteiger partial charge >= 0.3 is 0 Å². The summed E-state index contributed by atoms with van der Waals surface area (Å²) in [5.41, 5.74) is 4.95. The van der Waals surface area contributed by atoms with Gasteiger partial charge in [0.05, 0.1) is 6.07 Å². The van der Waals surface area contributed by atoms with Crippen LogP contribution in [0.25, 0.3) is 6.08 Å². The normalized spacial score (nSPS) is 12.2. The maximum Gasteiger partial charge on any atom is 0.115 e. The van der Waals surface area contributed by atoms with Crippen LogP contribution in [0.4, 0.5) is 0 Å². The van der Waals surface area contributed by atoms with E-state index in [0.29, 0.717) is 18.1 Å². The zero-order valence-corrected chi connectivity index (χ0v) is 13.8.